The van der Waals surface area contributed by atoms with Gasteiger partial charge in [0.1, 0.15) is 18.2 Å². The van der Waals surface area contributed by atoms with Gasteiger partial charge in [0.2, 0.25) is 5.91 Å². The number of alkyl carbamates (subject to hydrolysis) is 1. The molecule has 2 aliphatic carbocycles. The van der Waals surface area contributed by atoms with E-state index in [1.807, 2.05) is 73.7 Å². The fourth-order valence-electron chi connectivity index (χ4n) is 6.29. The standard InChI is InChI=1S/C34H38N2O6/c1-22-11-10-18-34(19-22,32(38)39)36-31(37)30(23(2)41-20-24-12-4-3-5-13-24)35-33(40)42-21-29-27-16-8-6-14-25(27)26-15-7-9-17-28(26)29/h3-9,12-17,22-23,29-30H,10-11,18-21H2,1-2H3,(H,35,40)(H,36,37)(H,38,39)/t22?,23-,30+,34?/m0/s1. The number of amides is 2. The average Bonchev–Trinajstić information content (AvgIpc) is 3.31. The molecule has 2 unspecified atom stereocenters. The largest absolute Gasteiger partial charge is 0.480 e. The Morgan fingerprint density at radius 3 is 2.19 bits per heavy atom. The summed E-state index contributed by atoms with van der Waals surface area (Å²) in [5.74, 6) is -1.67. The van der Waals surface area contributed by atoms with Crippen molar-refractivity contribution in [2.24, 2.45) is 5.92 Å². The van der Waals surface area contributed by atoms with Crippen LogP contribution in [0.2, 0.25) is 0 Å². The summed E-state index contributed by atoms with van der Waals surface area (Å²) in [6.07, 6.45) is 0.715. The van der Waals surface area contributed by atoms with Crippen LogP contribution < -0.4 is 10.6 Å². The van der Waals surface area contributed by atoms with Gasteiger partial charge >= 0.3 is 12.1 Å². The number of carboxylic acids is 1. The molecule has 8 heteroatoms. The first kappa shape index (κ1) is 29.3. The first-order valence-corrected chi connectivity index (χ1v) is 14.6. The second kappa shape index (κ2) is 12.8. The van der Waals surface area contributed by atoms with Crippen molar-refractivity contribution < 1.29 is 29.0 Å². The third kappa shape index (κ3) is 6.34. The first-order valence-electron chi connectivity index (χ1n) is 14.6. The molecule has 2 aliphatic rings. The van der Waals surface area contributed by atoms with Gasteiger partial charge in [0, 0.05) is 5.92 Å². The van der Waals surface area contributed by atoms with Crippen molar-refractivity contribution in [3.63, 3.8) is 0 Å². The summed E-state index contributed by atoms with van der Waals surface area (Å²) >= 11 is 0. The fraction of sp³-hybridized carbons (Fsp3) is 0.382. The van der Waals surface area contributed by atoms with E-state index in [1.165, 1.54) is 0 Å². The van der Waals surface area contributed by atoms with Gasteiger partial charge in [-0.1, -0.05) is 98.6 Å². The fourth-order valence-corrected chi connectivity index (χ4v) is 6.29. The summed E-state index contributed by atoms with van der Waals surface area (Å²) in [6, 6.07) is 24.4. The van der Waals surface area contributed by atoms with Crippen LogP contribution in [0.25, 0.3) is 11.1 Å². The molecule has 3 aromatic carbocycles. The third-order valence-electron chi connectivity index (χ3n) is 8.49. The molecule has 42 heavy (non-hydrogen) atoms. The average molecular weight is 571 g/mol. The minimum absolute atomic E-state index is 0.0873. The summed E-state index contributed by atoms with van der Waals surface area (Å²) < 4.78 is 11.7. The van der Waals surface area contributed by atoms with Crippen molar-refractivity contribution in [3.05, 3.63) is 95.6 Å². The molecule has 0 heterocycles. The highest BCUT2D eigenvalue weighted by Crippen LogP contribution is 2.44. The van der Waals surface area contributed by atoms with Crippen molar-refractivity contribution >= 4 is 18.0 Å². The van der Waals surface area contributed by atoms with Crippen LogP contribution >= 0.6 is 0 Å². The summed E-state index contributed by atoms with van der Waals surface area (Å²) in [5, 5.41) is 15.6. The van der Waals surface area contributed by atoms with Crippen LogP contribution in [0.3, 0.4) is 0 Å². The Balaban J connectivity index is 1.31. The van der Waals surface area contributed by atoms with Crippen molar-refractivity contribution in [1.82, 2.24) is 10.6 Å². The van der Waals surface area contributed by atoms with Crippen LogP contribution in [-0.4, -0.2) is 47.4 Å². The van der Waals surface area contributed by atoms with Gasteiger partial charge in [-0.2, -0.15) is 0 Å². The number of rotatable bonds is 10. The third-order valence-corrected chi connectivity index (χ3v) is 8.49. The summed E-state index contributed by atoms with van der Waals surface area (Å²) in [6.45, 7) is 3.98. The Labute approximate surface area is 246 Å². The van der Waals surface area contributed by atoms with Crippen molar-refractivity contribution in [3.8, 4) is 11.1 Å². The molecule has 220 valence electrons. The summed E-state index contributed by atoms with van der Waals surface area (Å²) in [5.41, 5.74) is 3.90. The number of aliphatic carboxylic acids is 1. The monoisotopic (exact) mass is 570 g/mol. The van der Waals surface area contributed by atoms with E-state index < -0.39 is 35.7 Å². The highest BCUT2D eigenvalue weighted by atomic mass is 16.5. The lowest BCUT2D eigenvalue weighted by atomic mass is 9.76. The number of carbonyl (C=O) groups is 3. The number of nitrogens with one attached hydrogen (secondary N) is 2. The summed E-state index contributed by atoms with van der Waals surface area (Å²) in [4.78, 5) is 39.2. The van der Waals surface area contributed by atoms with Crippen LogP contribution in [0.4, 0.5) is 4.79 Å². The molecule has 0 saturated heterocycles. The van der Waals surface area contributed by atoms with E-state index in [9.17, 15) is 19.5 Å². The predicted octanol–water partition coefficient (Wildman–Crippen LogP) is 5.65. The Bertz CT molecular complexity index is 1380. The molecule has 8 nitrogen and oxygen atoms in total. The lowest BCUT2D eigenvalue weighted by Crippen LogP contribution is -2.63. The van der Waals surface area contributed by atoms with Gasteiger partial charge in [0.05, 0.1) is 12.7 Å². The van der Waals surface area contributed by atoms with Gasteiger partial charge < -0.3 is 25.2 Å². The summed E-state index contributed by atoms with van der Waals surface area (Å²) in [7, 11) is 0. The Morgan fingerprint density at radius 1 is 0.952 bits per heavy atom. The van der Waals surface area contributed by atoms with Crippen LogP contribution in [0.15, 0.2) is 78.9 Å². The van der Waals surface area contributed by atoms with Gasteiger partial charge in [-0.3, -0.25) is 4.79 Å². The number of ether oxygens (including phenoxy) is 2. The molecule has 1 fully saturated rings. The zero-order valence-electron chi connectivity index (χ0n) is 24.0. The number of carboxylic acid groups (broad SMARTS) is 1. The Hall–Kier alpha value is -4.17. The molecular weight excluding hydrogens is 532 g/mol. The molecule has 2 amide bonds. The molecule has 0 aliphatic heterocycles. The number of hydrogen-bond acceptors (Lipinski definition) is 5. The lowest BCUT2D eigenvalue weighted by Gasteiger charge is -2.38. The second-order valence-corrected chi connectivity index (χ2v) is 11.5. The lowest BCUT2D eigenvalue weighted by molar-refractivity contribution is -0.151. The Kier molecular flexibility index (Phi) is 8.92. The maximum atomic E-state index is 13.7. The maximum Gasteiger partial charge on any atom is 0.407 e. The van der Waals surface area contributed by atoms with E-state index in [0.29, 0.717) is 19.3 Å². The SMILES string of the molecule is CC1CCCC(NC(=O)[C@H](NC(=O)OCC2c3ccccc3-c3ccccc32)[C@H](C)OCc2ccccc2)(C(=O)O)C1. The zero-order valence-corrected chi connectivity index (χ0v) is 24.0. The normalized spacial score (nSPS) is 21.0. The van der Waals surface area contributed by atoms with Gasteiger partial charge in [-0.05, 0) is 53.5 Å². The van der Waals surface area contributed by atoms with E-state index in [1.54, 1.807) is 6.92 Å². The van der Waals surface area contributed by atoms with Crippen molar-refractivity contribution in [1.29, 1.82) is 0 Å². The highest BCUT2D eigenvalue weighted by Gasteiger charge is 2.45. The Morgan fingerprint density at radius 2 is 1.57 bits per heavy atom. The zero-order chi connectivity index (χ0) is 29.7. The molecule has 4 atom stereocenters. The van der Waals surface area contributed by atoms with Gasteiger partial charge in [-0.25, -0.2) is 9.59 Å². The molecule has 0 radical (unpaired) electrons. The van der Waals surface area contributed by atoms with Crippen molar-refractivity contribution in [2.75, 3.05) is 6.61 Å². The number of hydrogen-bond donors (Lipinski definition) is 3. The molecule has 0 bridgehead atoms. The van der Waals surface area contributed by atoms with Crippen LogP contribution in [0.5, 0.6) is 0 Å². The molecule has 3 aromatic rings. The predicted molar refractivity (Wildman–Crippen MR) is 159 cm³/mol. The first-order chi connectivity index (χ1) is 20.3. The van der Waals surface area contributed by atoms with E-state index >= 15 is 0 Å². The number of benzene rings is 3. The minimum atomic E-state index is -1.39. The molecule has 1 saturated carbocycles. The van der Waals surface area contributed by atoms with Gasteiger partial charge in [-0.15, -0.1) is 0 Å². The minimum Gasteiger partial charge on any atom is -0.480 e. The van der Waals surface area contributed by atoms with Crippen LogP contribution in [0.1, 0.15) is 62.1 Å². The van der Waals surface area contributed by atoms with E-state index in [-0.39, 0.29) is 25.0 Å². The molecular formula is C34H38N2O6. The van der Waals surface area contributed by atoms with Crippen LogP contribution in [-0.2, 0) is 25.7 Å². The second-order valence-electron chi connectivity index (χ2n) is 11.5. The number of fused-ring (bicyclic) bond motifs is 3. The van der Waals surface area contributed by atoms with Crippen LogP contribution in [0, 0.1) is 5.92 Å². The van der Waals surface area contributed by atoms with E-state index in [2.05, 4.69) is 22.8 Å². The van der Waals surface area contributed by atoms with Crippen molar-refractivity contribution in [2.45, 2.75) is 69.7 Å². The van der Waals surface area contributed by atoms with Gasteiger partial charge in [0.15, 0.2) is 0 Å². The maximum absolute atomic E-state index is 13.7. The quantitative estimate of drug-likeness (QED) is 0.290. The topological polar surface area (TPSA) is 114 Å². The highest BCUT2D eigenvalue weighted by molar-refractivity contribution is 5.92. The van der Waals surface area contributed by atoms with Gasteiger partial charge in [0.25, 0.3) is 0 Å². The smallest absolute Gasteiger partial charge is 0.407 e. The molecule has 0 spiro atoms. The number of carbonyl (C=O) groups excluding carboxylic acids is 2. The molecule has 3 N–H and O–H groups in total. The molecule has 0 aromatic heterocycles. The molecule has 5 rings (SSSR count). The van der Waals surface area contributed by atoms with E-state index in [0.717, 1.165) is 34.2 Å². The van der Waals surface area contributed by atoms with E-state index in [4.69, 9.17) is 9.47 Å².